The Morgan fingerprint density at radius 1 is 1.03 bits per heavy atom. The fraction of sp³-hybridized carbons (Fsp3) is 0.391. The average molecular weight is 396 g/mol. The first-order chi connectivity index (χ1) is 14.0. The van der Waals surface area contributed by atoms with Crippen LogP contribution in [0.25, 0.3) is 0 Å². The third kappa shape index (κ3) is 5.08. The van der Waals surface area contributed by atoms with E-state index in [4.69, 9.17) is 9.47 Å². The Bertz CT molecular complexity index is 820. The van der Waals surface area contributed by atoms with Crippen LogP contribution < -0.4 is 15.4 Å². The zero-order chi connectivity index (χ0) is 20.8. The molecule has 6 nitrogen and oxygen atoms in total. The maximum atomic E-state index is 13.2. The number of carbonyl (C=O) groups is 2. The van der Waals surface area contributed by atoms with E-state index in [1.807, 2.05) is 48.5 Å². The standard InChI is InChI=1S/C23H28N2O4/c1-4-28-23(27)25-16(13-15(2)3)14-24-22(26)21-17-9-5-7-11-19(17)29-20-12-8-6-10-18(20)21/h5-12,15-16,21H,4,13-14H2,1-3H3,(H,24,26)(H,25,27). The summed E-state index contributed by atoms with van der Waals surface area (Å²) in [5, 5.41) is 5.87. The largest absolute Gasteiger partial charge is 0.457 e. The molecule has 0 saturated heterocycles. The number of fused-ring (bicyclic) bond motifs is 2. The van der Waals surface area contributed by atoms with Crippen molar-refractivity contribution in [3.8, 4) is 11.5 Å². The molecule has 2 aromatic carbocycles. The van der Waals surface area contributed by atoms with Crippen LogP contribution in [0.2, 0.25) is 0 Å². The van der Waals surface area contributed by atoms with Gasteiger partial charge in [0.2, 0.25) is 5.91 Å². The van der Waals surface area contributed by atoms with Crippen molar-refractivity contribution < 1.29 is 19.1 Å². The predicted octanol–water partition coefficient (Wildman–Crippen LogP) is 4.20. The Morgan fingerprint density at radius 2 is 1.62 bits per heavy atom. The minimum atomic E-state index is -0.464. The van der Waals surface area contributed by atoms with Crippen LogP contribution in [0.4, 0.5) is 4.79 Å². The van der Waals surface area contributed by atoms with E-state index in [1.165, 1.54) is 0 Å². The first kappa shape index (κ1) is 20.7. The van der Waals surface area contributed by atoms with E-state index in [0.717, 1.165) is 17.5 Å². The average Bonchev–Trinajstić information content (AvgIpc) is 2.69. The number of hydrogen-bond donors (Lipinski definition) is 2. The van der Waals surface area contributed by atoms with Gasteiger partial charge in [0.25, 0.3) is 0 Å². The van der Waals surface area contributed by atoms with Crippen molar-refractivity contribution in [1.82, 2.24) is 10.6 Å². The quantitative estimate of drug-likeness (QED) is 0.735. The minimum Gasteiger partial charge on any atom is -0.457 e. The number of para-hydroxylation sites is 2. The first-order valence-electron chi connectivity index (χ1n) is 10.1. The smallest absolute Gasteiger partial charge is 0.407 e. The number of carbonyl (C=O) groups excluding carboxylic acids is 2. The van der Waals surface area contributed by atoms with Gasteiger partial charge in [-0.1, -0.05) is 50.2 Å². The molecule has 2 N–H and O–H groups in total. The molecule has 1 aliphatic rings. The van der Waals surface area contributed by atoms with E-state index in [2.05, 4.69) is 24.5 Å². The monoisotopic (exact) mass is 396 g/mol. The summed E-state index contributed by atoms with van der Waals surface area (Å²) in [6, 6.07) is 15.0. The van der Waals surface area contributed by atoms with Crippen LogP contribution in [-0.4, -0.2) is 31.2 Å². The molecule has 3 rings (SSSR count). The first-order valence-corrected chi connectivity index (χ1v) is 10.1. The van der Waals surface area contributed by atoms with Gasteiger partial charge in [0.1, 0.15) is 11.5 Å². The number of alkyl carbamates (subject to hydrolysis) is 1. The van der Waals surface area contributed by atoms with Crippen molar-refractivity contribution >= 4 is 12.0 Å². The Hall–Kier alpha value is -3.02. The van der Waals surface area contributed by atoms with Crippen LogP contribution in [0, 0.1) is 5.92 Å². The summed E-state index contributed by atoms with van der Waals surface area (Å²) in [6.45, 7) is 6.55. The molecule has 0 aromatic heterocycles. The van der Waals surface area contributed by atoms with E-state index in [9.17, 15) is 9.59 Å². The van der Waals surface area contributed by atoms with E-state index in [-0.39, 0.29) is 11.9 Å². The topological polar surface area (TPSA) is 76.7 Å². The third-order valence-corrected chi connectivity index (χ3v) is 4.82. The highest BCUT2D eigenvalue weighted by Crippen LogP contribution is 2.43. The van der Waals surface area contributed by atoms with Gasteiger partial charge in [-0.2, -0.15) is 0 Å². The molecule has 0 bridgehead atoms. The predicted molar refractivity (Wildman–Crippen MR) is 111 cm³/mol. The van der Waals surface area contributed by atoms with Crippen LogP contribution in [0.3, 0.4) is 0 Å². The molecule has 0 radical (unpaired) electrons. The van der Waals surface area contributed by atoms with Gasteiger partial charge in [0.15, 0.2) is 0 Å². The lowest BCUT2D eigenvalue weighted by Crippen LogP contribution is -2.45. The highest BCUT2D eigenvalue weighted by atomic mass is 16.5. The molecule has 29 heavy (non-hydrogen) atoms. The highest BCUT2D eigenvalue weighted by molar-refractivity contribution is 5.89. The summed E-state index contributed by atoms with van der Waals surface area (Å²) >= 11 is 0. The second-order valence-electron chi connectivity index (χ2n) is 7.55. The summed E-state index contributed by atoms with van der Waals surface area (Å²) in [4.78, 5) is 25.1. The molecule has 1 unspecified atom stereocenters. The number of amides is 2. The van der Waals surface area contributed by atoms with Gasteiger partial charge < -0.3 is 20.1 Å². The zero-order valence-corrected chi connectivity index (χ0v) is 17.1. The highest BCUT2D eigenvalue weighted by Gasteiger charge is 2.32. The van der Waals surface area contributed by atoms with E-state index >= 15 is 0 Å². The number of ether oxygens (including phenoxy) is 2. The summed E-state index contributed by atoms with van der Waals surface area (Å²) in [5.41, 5.74) is 1.67. The molecular formula is C23H28N2O4. The molecule has 6 heteroatoms. The molecule has 1 heterocycles. The summed E-state index contributed by atoms with van der Waals surface area (Å²) in [5.74, 6) is 1.17. The van der Waals surface area contributed by atoms with Crippen molar-refractivity contribution in [3.05, 3.63) is 59.7 Å². The van der Waals surface area contributed by atoms with E-state index < -0.39 is 12.0 Å². The molecule has 0 saturated carbocycles. The summed E-state index contributed by atoms with van der Waals surface area (Å²) in [7, 11) is 0. The lowest BCUT2D eigenvalue weighted by molar-refractivity contribution is -0.121. The van der Waals surface area contributed by atoms with Crippen LogP contribution in [0.5, 0.6) is 11.5 Å². The molecule has 1 aliphatic heterocycles. The van der Waals surface area contributed by atoms with Gasteiger partial charge >= 0.3 is 6.09 Å². The normalized spacial score (nSPS) is 13.7. The second-order valence-corrected chi connectivity index (χ2v) is 7.55. The fourth-order valence-electron chi connectivity index (χ4n) is 3.62. The Labute approximate surface area is 171 Å². The Kier molecular flexibility index (Phi) is 6.75. The summed E-state index contributed by atoms with van der Waals surface area (Å²) in [6.07, 6.45) is 0.272. The second kappa shape index (κ2) is 9.45. The Balaban J connectivity index is 1.76. The number of rotatable bonds is 7. The number of hydrogen-bond acceptors (Lipinski definition) is 4. The van der Waals surface area contributed by atoms with Crippen molar-refractivity contribution in [1.29, 1.82) is 0 Å². The minimum absolute atomic E-state index is 0.118. The maximum Gasteiger partial charge on any atom is 0.407 e. The molecule has 0 spiro atoms. The van der Waals surface area contributed by atoms with E-state index in [0.29, 0.717) is 30.6 Å². The van der Waals surface area contributed by atoms with Crippen LogP contribution in [0.15, 0.2) is 48.5 Å². The van der Waals surface area contributed by atoms with Gasteiger partial charge in [-0.25, -0.2) is 4.79 Å². The van der Waals surface area contributed by atoms with Gasteiger partial charge in [-0.15, -0.1) is 0 Å². The molecule has 154 valence electrons. The summed E-state index contributed by atoms with van der Waals surface area (Å²) < 4.78 is 11.0. The molecule has 2 amide bonds. The van der Waals surface area contributed by atoms with Gasteiger partial charge in [-0.05, 0) is 31.4 Å². The van der Waals surface area contributed by atoms with Crippen molar-refractivity contribution in [2.75, 3.05) is 13.2 Å². The lowest BCUT2D eigenvalue weighted by Gasteiger charge is -2.28. The molecule has 0 fully saturated rings. The zero-order valence-electron chi connectivity index (χ0n) is 17.1. The number of benzene rings is 2. The number of nitrogens with one attached hydrogen (secondary N) is 2. The van der Waals surface area contributed by atoms with Crippen LogP contribution >= 0.6 is 0 Å². The third-order valence-electron chi connectivity index (χ3n) is 4.82. The van der Waals surface area contributed by atoms with Gasteiger partial charge in [0, 0.05) is 23.7 Å². The molecular weight excluding hydrogens is 368 g/mol. The van der Waals surface area contributed by atoms with Gasteiger partial charge in [-0.3, -0.25) is 4.79 Å². The molecule has 1 atom stereocenters. The maximum absolute atomic E-state index is 13.2. The van der Waals surface area contributed by atoms with Crippen molar-refractivity contribution in [2.45, 2.75) is 39.2 Å². The van der Waals surface area contributed by atoms with Gasteiger partial charge in [0.05, 0.1) is 12.5 Å². The lowest BCUT2D eigenvalue weighted by atomic mass is 9.87. The SMILES string of the molecule is CCOC(=O)NC(CNC(=O)C1c2ccccc2Oc2ccccc21)CC(C)C. The molecule has 0 aliphatic carbocycles. The molecule has 2 aromatic rings. The Morgan fingerprint density at radius 3 is 2.17 bits per heavy atom. The van der Waals surface area contributed by atoms with E-state index in [1.54, 1.807) is 6.92 Å². The van der Waals surface area contributed by atoms with Crippen molar-refractivity contribution in [3.63, 3.8) is 0 Å². The van der Waals surface area contributed by atoms with Crippen LogP contribution in [0.1, 0.15) is 44.2 Å². The van der Waals surface area contributed by atoms with Crippen molar-refractivity contribution in [2.24, 2.45) is 5.92 Å². The fourth-order valence-corrected chi connectivity index (χ4v) is 3.62. The van der Waals surface area contributed by atoms with Crippen LogP contribution in [-0.2, 0) is 9.53 Å².